The van der Waals surface area contributed by atoms with Crippen LogP contribution >= 0.6 is 47.3 Å². The molecule has 0 unspecified atom stereocenters. The van der Waals surface area contributed by atoms with E-state index < -0.39 is 0 Å². The molecular formula is C27H20ClN3O3S3. The Kier molecular flexibility index (Phi) is 7.66. The first-order chi connectivity index (χ1) is 17.9. The van der Waals surface area contributed by atoms with Crippen molar-refractivity contribution in [3.63, 3.8) is 0 Å². The number of ether oxygens (including phenoxy) is 1. The minimum absolute atomic E-state index is 0.219. The molecule has 2 aromatic heterocycles. The third-order valence-corrected chi connectivity index (χ3v) is 8.34. The van der Waals surface area contributed by atoms with Crippen molar-refractivity contribution in [2.24, 2.45) is 0 Å². The maximum atomic E-state index is 13.5. The molecular weight excluding hydrogens is 546 g/mol. The molecule has 0 N–H and O–H groups in total. The largest absolute Gasteiger partial charge is 0.497 e. The van der Waals surface area contributed by atoms with Crippen molar-refractivity contribution in [3.05, 3.63) is 104 Å². The fraction of sp³-hybridized carbons (Fsp3) is 0.111. The average Bonchev–Trinajstić information content (AvgIpc) is 3.18. The number of nitrogens with zero attached hydrogens (tertiary/aromatic N) is 3. The van der Waals surface area contributed by atoms with E-state index in [1.165, 1.54) is 27.9 Å². The molecule has 186 valence electrons. The van der Waals surface area contributed by atoms with Crippen molar-refractivity contribution in [1.29, 1.82) is 0 Å². The van der Waals surface area contributed by atoms with Crippen molar-refractivity contribution >= 4 is 69.3 Å². The number of aromatic nitrogens is 2. The zero-order chi connectivity index (χ0) is 25.9. The van der Waals surface area contributed by atoms with Crippen LogP contribution in [0.15, 0.2) is 92.5 Å². The van der Waals surface area contributed by atoms with Crippen LogP contribution in [-0.2, 0) is 11.2 Å². The van der Waals surface area contributed by atoms with Crippen LogP contribution in [0.25, 0.3) is 11.7 Å². The number of hydrogen-bond acceptors (Lipinski definition) is 7. The van der Waals surface area contributed by atoms with Crippen LogP contribution in [0.4, 0.5) is 0 Å². The number of halogens is 1. The summed E-state index contributed by atoms with van der Waals surface area (Å²) in [7, 11) is 1.62. The number of fused-ring (bicyclic) bond motifs is 1. The third kappa shape index (κ3) is 5.60. The van der Waals surface area contributed by atoms with Crippen LogP contribution in [0.1, 0.15) is 11.1 Å². The lowest BCUT2D eigenvalue weighted by Gasteiger charge is -2.14. The molecule has 0 atom stereocenters. The second-order valence-electron chi connectivity index (χ2n) is 8.05. The summed E-state index contributed by atoms with van der Waals surface area (Å²) in [5.41, 5.74) is 1.66. The van der Waals surface area contributed by atoms with E-state index in [4.69, 9.17) is 33.5 Å². The zero-order valence-corrected chi connectivity index (χ0v) is 22.8. The highest BCUT2D eigenvalue weighted by Crippen LogP contribution is 2.35. The number of methoxy groups -OCH3 is 1. The predicted molar refractivity (Wildman–Crippen MR) is 154 cm³/mol. The standard InChI is InChI=1S/C27H20ClN3O3S3/c1-34-19-9-5-17(6-10-19)13-15-31-26(33)22(37-27(31)35)16-21-24(36-20-11-7-18(28)8-12-20)29-23-4-2-3-14-30(23)25(21)32/h2-12,14,16H,13,15H2,1H3/b22-16+. The monoisotopic (exact) mass is 565 g/mol. The highest BCUT2D eigenvalue weighted by molar-refractivity contribution is 8.26. The van der Waals surface area contributed by atoms with Gasteiger partial charge in [0.1, 0.15) is 20.7 Å². The first-order valence-electron chi connectivity index (χ1n) is 11.3. The molecule has 2 aromatic carbocycles. The van der Waals surface area contributed by atoms with Gasteiger partial charge in [0, 0.05) is 22.7 Å². The third-order valence-electron chi connectivity index (χ3n) is 5.69. The number of rotatable bonds is 7. The molecule has 1 amide bonds. The van der Waals surface area contributed by atoms with Gasteiger partial charge in [-0.25, -0.2) is 4.98 Å². The highest BCUT2D eigenvalue weighted by atomic mass is 35.5. The Morgan fingerprint density at radius 3 is 2.57 bits per heavy atom. The molecule has 0 saturated carbocycles. The second kappa shape index (κ2) is 11.1. The van der Waals surface area contributed by atoms with Gasteiger partial charge in [-0.05, 0) is 66.6 Å². The molecule has 0 aliphatic carbocycles. The van der Waals surface area contributed by atoms with E-state index in [1.807, 2.05) is 42.5 Å². The molecule has 4 aromatic rings. The number of carbonyl (C=O) groups is 1. The second-order valence-corrected chi connectivity index (χ2v) is 11.2. The van der Waals surface area contributed by atoms with E-state index in [9.17, 15) is 9.59 Å². The molecule has 0 spiro atoms. The topological polar surface area (TPSA) is 63.9 Å². The molecule has 1 saturated heterocycles. The normalized spacial score (nSPS) is 14.6. The lowest BCUT2D eigenvalue weighted by Crippen LogP contribution is -2.30. The number of carbonyl (C=O) groups excluding carboxylic acids is 1. The fourth-order valence-corrected chi connectivity index (χ4v) is 6.06. The molecule has 3 heterocycles. The molecule has 6 nitrogen and oxygen atoms in total. The van der Waals surface area contributed by atoms with E-state index in [-0.39, 0.29) is 11.5 Å². The highest BCUT2D eigenvalue weighted by Gasteiger charge is 2.32. The summed E-state index contributed by atoms with van der Waals surface area (Å²) in [6.45, 7) is 0.440. The minimum Gasteiger partial charge on any atom is -0.497 e. The van der Waals surface area contributed by atoms with E-state index in [2.05, 4.69) is 0 Å². The summed E-state index contributed by atoms with van der Waals surface area (Å²) >= 11 is 14.1. The summed E-state index contributed by atoms with van der Waals surface area (Å²) < 4.78 is 7.14. The summed E-state index contributed by atoms with van der Waals surface area (Å²) in [6, 6.07) is 20.4. The molecule has 1 aliphatic heterocycles. The van der Waals surface area contributed by atoms with Crippen molar-refractivity contribution in [2.45, 2.75) is 16.3 Å². The summed E-state index contributed by atoms with van der Waals surface area (Å²) in [5, 5.41) is 1.12. The van der Waals surface area contributed by atoms with E-state index in [0.29, 0.717) is 43.5 Å². The quantitative estimate of drug-likeness (QED) is 0.156. The number of hydrogen-bond donors (Lipinski definition) is 0. The van der Waals surface area contributed by atoms with Gasteiger partial charge in [-0.3, -0.25) is 18.9 Å². The number of thioether (sulfide) groups is 1. The van der Waals surface area contributed by atoms with Crippen molar-refractivity contribution in [3.8, 4) is 5.75 Å². The van der Waals surface area contributed by atoms with Gasteiger partial charge >= 0.3 is 0 Å². The lowest BCUT2D eigenvalue weighted by molar-refractivity contribution is -0.122. The van der Waals surface area contributed by atoms with Crippen LogP contribution in [0.2, 0.25) is 5.02 Å². The Labute approximate surface area is 232 Å². The molecule has 0 bridgehead atoms. The number of amides is 1. The number of thiocarbonyl (C=S) groups is 1. The van der Waals surface area contributed by atoms with Crippen LogP contribution < -0.4 is 10.3 Å². The van der Waals surface area contributed by atoms with Crippen LogP contribution in [0.3, 0.4) is 0 Å². The van der Waals surface area contributed by atoms with Gasteiger partial charge in [0.05, 0.1) is 17.6 Å². The van der Waals surface area contributed by atoms with E-state index in [0.717, 1.165) is 16.2 Å². The van der Waals surface area contributed by atoms with Gasteiger partial charge in [0.25, 0.3) is 11.5 Å². The zero-order valence-electron chi connectivity index (χ0n) is 19.6. The number of benzene rings is 2. The number of pyridine rings is 1. The maximum absolute atomic E-state index is 13.5. The summed E-state index contributed by atoms with van der Waals surface area (Å²) in [4.78, 5) is 34.4. The van der Waals surface area contributed by atoms with Crippen molar-refractivity contribution < 1.29 is 9.53 Å². The summed E-state index contributed by atoms with van der Waals surface area (Å²) in [6.07, 6.45) is 3.92. The van der Waals surface area contributed by atoms with Gasteiger partial charge in [-0.15, -0.1) is 0 Å². The first kappa shape index (κ1) is 25.5. The molecule has 1 fully saturated rings. The van der Waals surface area contributed by atoms with Gasteiger partial charge in [0.15, 0.2) is 0 Å². The van der Waals surface area contributed by atoms with E-state index >= 15 is 0 Å². The predicted octanol–water partition coefficient (Wildman–Crippen LogP) is 5.95. The van der Waals surface area contributed by atoms with Gasteiger partial charge in [0.2, 0.25) is 0 Å². The lowest BCUT2D eigenvalue weighted by atomic mass is 10.1. The van der Waals surface area contributed by atoms with Gasteiger partial charge in [-0.1, -0.05) is 65.5 Å². The van der Waals surface area contributed by atoms with Crippen LogP contribution in [-0.4, -0.2) is 38.2 Å². The molecule has 37 heavy (non-hydrogen) atoms. The molecule has 1 aliphatic rings. The Bertz CT molecular complexity index is 1590. The maximum Gasteiger partial charge on any atom is 0.266 e. The van der Waals surface area contributed by atoms with Crippen molar-refractivity contribution in [2.75, 3.05) is 13.7 Å². The first-order valence-corrected chi connectivity index (χ1v) is 13.7. The Morgan fingerprint density at radius 2 is 1.84 bits per heavy atom. The van der Waals surface area contributed by atoms with Crippen LogP contribution in [0.5, 0.6) is 5.75 Å². The molecule has 0 radical (unpaired) electrons. The van der Waals surface area contributed by atoms with Crippen molar-refractivity contribution in [1.82, 2.24) is 14.3 Å². The Balaban J connectivity index is 1.46. The van der Waals surface area contributed by atoms with Gasteiger partial charge in [-0.2, -0.15) is 0 Å². The summed E-state index contributed by atoms with van der Waals surface area (Å²) in [5.74, 6) is 0.559. The van der Waals surface area contributed by atoms with E-state index in [1.54, 1.807) is 48.5 Å². The fourth-order valence-electron chi connectivity index (χ4n) is 3.75. The molecule has 5 rings (SSSR count). The Morgan fingerprint density at radius 1 is 1.08 bits per heavy atom. The Hall–Kier alpha value is -3.11. The SMILES string of the molecule is COc1ccc(CCN2C(=O)/C(=C\c3c(Sc4ccc(Cl)cc4)nc4ccccn4c3=O)SC2=S)cc1. The smallest absolute Gasteiger partial charge is 0.266 e. The molecule has 10 heteroatoms. The van der Waals surface area contributed by atoms with Gasteiger partial charge < -0.3 is 4.74 Å². The average molecular weight is 566 g/mol. The van der Waals surface area contributed by atoms with Crippen LogP contribution in [0, 0.1) is 0 Å². The minimum atomic E-state index is -0.259.